The monoisotopic (exact) mass is 367 g/mol. The van der Waals surface area contributed by atoms with Crippen LogP contribution in [0.5, 0.6) is 5.88 Å². The molecule has 2 heterocycles. The number of nitro benzene ring substituents is 1. The number of nitrogens with one attached hydrogen (secondary N) is 1. The molecule has 0 bridgehead atoms. The van der Waals surface area contributed by atoms with Gasteiger partial charge in [-0.1, -0.05) is 0 Å². The number of amides is 1. The summed E-state index contributed by atoms with van der Waals surface area (Å²) in [5, 5.41) is 18.0. The Bertz CT molecular complexity index is 982. The van der Waals surface area contributed by atoms with Crippen LogP contribution in [-0.2, 0) is 0 Å². The van der Waals surface area contributed by atoms with Gasteiger partial charge in [-0.2, -0.15) is 5.10 Å². The molecule has 1 amide bonds. The first kappa shape index (κ1) is 18.1. The maximum absolute atomic E-state index is 12.7. The third-order valence-electron chi connectivity index (χ3n) is 3.68. The van der Waals surface area contributed by atoms with Crippen LogP contribution < -0.4 is 10.1 Å². The highest BCUT2D eigenvalue weighted by molar-refractivity contribution is 6.05. The maximum atomic E-state index is 12.7. The van der Waals surface area contributed by atoms with Gasteiger partial charge in [-0.05, 0) is 38.1 Å². The number of aromatic nitrogens is 3. The standard InChI is InChI=1S/C18H17N5O4/c1-3-27-18-15(5-4-10-19-18)17(24)20-16-11-12(2)21-22(16)13-6-8-14(9-7-13)23(25)26/h4-11H,3H2,1-2H3,(H,20,24). The number of aryl methyl sites for hydroxylation is 1. The fraction of sp³-hybridized carbons (Fsp3) is 0.167. The molecule has 0 saturated heterocycles. The molecule has 2 aromatic heterocycles. The van der Waals surface area contributed by atoms with Gasteiger partial charge in [0.25, 0.3) is 11.6 Å². The summed E-state index contributed by atoms with van der Waals surface area (Å²) in [5.41, 5.74) is 1.54. The van der Waals surface area contributed by atoms with Crippen LogP contribution in [-0.4, -0.2) is 32.2 Å². The molecule has 27 heavy (non-hydrogen) atoms. The van der Waals surface area contributed by atoms with Crippen molar-refractivity contribution in [2.75, 3.05) is 11.9 Å². The summed E-state index contributed by atoms with van der Waals surface area (Å²) in [6, 6.07) is 10.9. The van der Waals surface area contributed by atoms with E-state index in [0.717, 1.165) is 0 Å². The number of pyridine rings is 1. The smallest absolute Gasteiger partial charge is 0.269 e. The number of hydrogen-bond donors (Lipinski definition) is 1. The molecular weight excluding hydrogens is 350 g/mol. The summed E-state index contributed by atoms with van der Waals surface area (Å²) in [5.74, 6) is 0.280. The molecule has 0 aliphatic rings. The molecule has 0 spiro atoms. The van der Waals surface area contributed by atoms with E-state index in [4.69, 9.17) is 4.74 Å². The molecule has 0 unspecified atom stereocenters. The highest BCUT2D eigenvalue weighted by Gasteiger charge is 2.17. The fourth-order valence-corrected chi connectivity index (χ4v) is 2.50. The number of benzene rings is 1. The third-order valence-corrected chi connectivity index (χ3v) is 3.68. The summed E-state index contributed by atoms with van der Waals surface area (Å²) in [4.78, 5) is 27.1. The van der Waals surface area contributed by atoms with Gasteiger partial charge in [-0.25, -0.2) is 9.67 Å². The van der Waals surface area contributed by atoms with Crippen LogP contribution in [0.3, 0.4) is 0 Å². The number of hydrogen-bond acceptors (Lipinski definition) is 6. The number of nitro groups is 1. The Morgan fingerprint density at radius 1 is 1.30 bits per heavy atom. The van der Waals surface area contributed by atoms with Crippen LogP contribution in [0.1, 0.15) is 23.0 Å². The van der Waals surface area contributed by atoms with E-state index in [2.05, 4.69) is 15.4 Å². The van der Waals surface area contributed by atoms with E-state index in [1.807, 2.05) is 6.92 Å². The van der Waals surface area contributed by atoms with Gasteiger partial charge >= 0.3 is 0 Å². The van der Waals surface area contributed by atoms with Gasteiger partial charge in [0.15, 0.2) is 0 Å². The number of carbonyl (C=O) groups excluding carboxylic acids is 1. The van der Waals surface area contributed by atoms with Gasteiger partial charge < -0.3 is 10.1 Å². The number of ether oxygens (including phenoxy) is 1. The SMILES string of the molecule is CCOc1ncccc1C(=O)Nc1cc(C)nn1-c1ccc([N+](=O)[O-])cc1. The molecule has 0 aliphatic carbocycles. The van der Waals surface area contributed by atoms with E-state index in [0.29, 0.717) is 29.4 Å². The van der Waals surface area contributed by atoms with Crippen LogP contribution >= 0.6 is 0 Å². The first-order valence-electron chi connectivity index (χ1n) is 8.20. The number of anilines is 1. The third kappa shape index (κ3) is 3.92. The average molecular weight is 367 g/mol. The Balaban J connectivity index is 1.90. The Morgan fingerprint density at radius 2 is 2.04 bits per heavy atom. The predicted molar refractivity (Wildman–Crippen MR) is 98.3 cm³/mol. The van der Waals surface area contributed by atoms with Gasteiger partial charge in [0.2, 0.25) is 5.88 Å². The van der Waals surface area contributed by atoms with Gasteiger partial charge in [-0.15, -0.1) is 0 Å². The molecule has 1 N–H and O–H groups in total. The molecule has 1 aromatic carbocycles. The summed E-state index contributed by atoms with van der Waals surface area (Å²) < 4.78 is 6.90. The van der Waals surface area contributed by atoms with E-state index < -0.39 is 10.8 Å². The zero-order chi connectivity index (χ0) is 19.4. The lowest BCUT2D eigenvalue weighted by Crippen LogP contribution is -2.17. The Morgan fingerprint density at radius 3 is 2.70 bits per heavy atom. The lowest BCUT2D eigenvalue weighted by atomic mass is 10.2. The summed E-state index contributed by atoms with van der Waals surface area (Å²) >= 11 is 0. The second-order valence-electron chi connectivity index (χ2n) is 5.60. The second-order valence-corrected chi connectivity index (χ2v) is 5.60. The topological polar surface area (TPSA) is 112 Å². The first-order chi connectivity index (χ1) is 13.0. The lowest BCUT2D eigenvalue weighted by molar-refractivity contribution is -0.384. The van der Waals surface area contributed by atoms with Crippen molar-refractivity contribution < 1.29 is 14.5 Å². The van der Waals surface area contributed by atoms with Gasteiger partial charge in [0.1, 0.15) is 11.4 Å². The molecule has 9 heteroatoms. The molecule has 3 aromatic rings. The molecule has 0 saturated carbocycles. The van der Waals surface area contributed by atoms with Crippen LogP contribution in [0.15, 0.2) is 48.7 Å². The highest BCUT2D eigenvalue weighted by Crippen LogP contribution is 2.22. The van der Waals surface area contributed by atoms with E-state index in [9.17, 15) is 14.9 Å². The van der Waals surface area contributed by atoms with Gasteiger partial charge in [-0.3, -0.25) is 14.9 Å². The molecule has 0 fully saturated rings. The van der Waals surface area contributed by atoms with E-state index in [1.165, 1.54) is 16.8 Å². The number of rotatable bonds is 6. The lowest BCUT2D eigenvalue weighted by Gasteiger charge is -2.11. The minimum atomic E-state index is -0.474. The largest absolute Gasteiger partial charge is 0.477 e. The summed E-state index contributed by atoms with van der Waals surface area (Å²) in [6.45, 7) is 3.98. The minimum Gasteiger partial charge on any atom is -0.477 e. The van der Waals surface area contributed by atoms with Crippen molar-refractivity contribution in [2.45, 2.75) is 13.8 Å². The van der Waals surface area contributed by atoms with Crippen molar-refractivity contribution in [3.63, 3.8) is 0 Å². The van der Waals surface area contributed by atoms with Gasteiger partial charge in [0.05, 0.1) is 22.9 Å². The number of carbonyl (C=O) groups is 1. The highest BCUT2D eigenvalue weighted by atomic mass is 16.6. The van der Waals surface area contributed by atoms with Crippen LogP contribution in [0, 0.1) is 17.0 Å². The predicted octanol–water partition coefficient (Wildman–Crippen LogP) is 3.13. The molecule has 3 rings (SSSR count). The van der Waals surface area contributed by atoms with Crippen molar-refractivity contribution in [2.24, 2.45) is 0 Å². The zero-order valence-corrected chi connectivity index (χ0v) is 14.7. The van der Waals surface area contributed by atoms with Crippen LogP contribution in [0.4, 0.5) is 11.5 Å². The minimum absolute atomic E-state index is 0.0232. The fourth-order valence-electron chi connectivity index (χ4n) is 2.50. The van der Waals surface area contributed by atoms with Crippen LogP contribution in [0.2, 0.25) is 0 Å². The van der Waals surface area contributed by atoms with Gasteiger partial charge in [0, 0.05) is 24.4 Å². The summed E-state index contributed by atoms with van der Waals surface area (Å²) in [7, 11) is 0. The van der Waals surface area contributed by atoms with Crippen LogP contribution in [0.25, 0.3) is 5.69 Å². The Hall–Kier alpha value is -3.75. The maximum Gasteiger partial charge on any atom is 0.269 e. The Kier molecular flexibility index (Phi) is 5.11. The first-order valence-corrected chi connectivity index (χ1v) is 8.20. The molecule has 138 valence electrons. The Labute approximate surface area is 154 Å². The van der Waals surface area contributed by atoms with Crippen molar-refractivity contribution in [1.82, 2.24) is 14.8 Å². The molecule has 0 atom stereocenters. The molecule has 0 aliphatic heterocycles. The van der Waals surface area contributed by atoms with Crippen molar-refractivity contribution in [3.8, 4) is 11.6 Å². The van der Waals surface area contributed by atoms with E-state index >= 15 is 0 Å². The van der Waals surface area contributed by atoms with Crippen molar-refractivity contribution >= 4 is 17.4 Å². The molecule has 9 nitrogen and oxygen atoms in total. The number of non-ortho nitro benzene ring substituents is 1. The van der Waals surface area contributed by atoms with E-state index in [-0.39, 0.29) is 11.6 Å². The number of nitrogens with zero attached hydrogens (tertiary/aromatic N) is 4. The van der Waals surface area contributed by atoms with Crippen molar-refractivity contribution in [1.29, 1.82) is 0 Å². The zero-order valence-electron chi connectivity index (χ0n) is 14.7. The average Bonchev–Trinajstić information content (AvgIpc) is 3.02. The normalized spacial score (nSPS) is 10.4. The second kappa shape index (κ2) is 7.65. The quantitative estimate of drug-likeness (QED) is 0.529. The molecule has 0 radical (unpaired) electrons. The van der Waals surface area contributed by atoms with E-state index in [1.54, 1.807) is 43.5 Å². The molecular formula is C18H17N5O4. The summed E-state index contributed by atoms with van der Waals surface area (Å²) in [6.07, 6.45) is 1.55. The van der Waals surface area contributed by atoms with Crippen molar-refractivity contribution in [3.05, 3.63) is 70.0 Å².